The molecule has 1 fully saturated rings. The van der Waals surface area contributed by atoms with Crippen LogP contribution in [-0.2, 0) is 17.4 Å². The Balaban J connectivity index is 2.00. The number of nitrogens with zero attached hydrogens (tertiary/aromatic N) is 1. The summed E-state index contributed by atoms with van der Waals surface area (Å²) in [6.07, 6.45) is -3.50. The Hall–Kier alpha value is -1.56. The summed E-state index contributed by atoms with van der Waals surface area (Å²) in [4.78, 5) is 14.1. The van der Waals surface area contributed by atoms with E-state index >= 15 is 0 Å². The lowest BCUT2D eigenvalue weighted by Gasteiger charge is -2.42. The van der Waals surface area contributed by atoms with E-state index in [4.69, 9.17) is 5.73 Å². The second-order valence-corrected chi connectivity index (χ2v) is 6.57. The Labute approximate surface area is 128 Å². The summed E-state index contributed by atoms with van der Waals surface area (Å²) in [5.41, 5.74) is 5.78. The van der Waals surface area contributed by atoms with Crippen LogP contribution in [0.15, 0.2) is 24.3 Å². The minimum atomic E-state index is -4.35. The topological polar surface area (TPSA) is 46.3 Å². The first-order valence-corrected chi connectivity index (χ1v) is 7.29. The second-order valence-electron chi connectivity index (χ2n) is 6.57. The summed E-state index contributed by atoms with van der Waals surface area (Å²) in [5, 5.41) is 0. The number of benzene rings is 1. The van der Waals surface area contributed by atoms with Crippen LogP contribution < -0.4 is 5.73 Å². The molecule has 1 unspecified atom stereocenters. The van der Waals surface area contributed by atoms with Crippen molar-refractivity contribution in [2.24, 2.45) is 11.1 Å². The molecule has 2 N–H and O–H groups in total. The first-order valence-electron chi connectivity index (χ1n) is 7.29. The lowest BCUT2D eigenvalue weighted by molar-refractivity contribution is -0.137. The number of hydrogen-bond acceptors (Lipinski definition) is 2. The normalized spacial score (nSPS) is 21.7. The number of hydrogen-bond donors (Lipinski definition) is 1. The molecule has 1 aliphatic rings. The Morgan fingerprint density at radius 2 is 1.91 bits per heavy atom. The molecule has 22 heavy (non-hydrogen) atoms. The number of amides is 1. The zero-order valence-corrected chi connectivity index (χ0v) is 12.8. The number of alkyl halides is 3. The van der Waals surface area contributed by atoms with Crippen molar-refractivity contribution in [3.63, 3.8) is 0 Å². The molecule has 3 nitrogen and oxygen atoms in total. The molecule has 0 spiro atoms. The van der Waals surface area contributed by atoms with Gasteiger partial charge in [-0.1, -0.05) is 26.0 Å². The maximum Gasteiger partial charge on any atom is 0.416 e. The summed E-state index contributed by atoms with van der Waals surface area (Å²) >= 11 is 0. The van der Waals surface area contributed by atoms with Gasteiger partial charge in [-0.15, -0.1) is 0 Å². The van der Waals surface area contributed by atoms with Crippen molar-refractivity contribution in [3.8, 4) is 0 Å². The summed E-state index contributed by atoms with van der Waals surface area (Å²) in [6.45, 7) is 5.22. The van der Waals surface area contributed by atoms with Crippen molar-refractivity contribution in [3.05, 3.63) is 35.4 Å². The summed E-state index contributed by atoms with van der Waals surface area (Å²) in [5.74, 6) is -0.0697. The minimum Gasteiger partial charge on any atom is -0.342 e. The van der Waals surface area contributed by atoms with E-state index in [2.05, 4.69) is 0 Å². The van der Waals surface area contributed by atoms with Crippen molar-refractivity contribution in [2.45, 2.75) is 38.9 Å². The summed E-state index contributed by atoms with van der Waals surface area (Å²) in [7, 11) is 0. The molecule has 0 saturated carbocycles. The van der Waals surface area contributed by atoms with Crippen LogP contribution in [0, 0.1) is 5.41 Å². The molecule has 1 amide bonds. The Kier molecular flexibility index (Phi) is 4.52. The molecular formula is C16H21F3N2O. The van der Waals surface area contributed by atoms with E-state index in [0.29, 0.717) is 18.7 Å². The molecule has 0 aliphatic carbocycles. The monoisotopic (exact) mass is 314 g/mol. The molecule has 1 heterocycles. The first-order chi connectivity index (χ1) is 10.1. The largest absolute Gasteiger partial charge is 0.416 e. The van der Waals surface area contributed by atoms with Gasteiger partial charge in [0.2, 0.25) is 5.91 Å². The molecule has 122 valence electrons. The fourth-order valence-electron chi connectivity index (χ4n) is 2.68. The number of rotatable bonds is 2. The molecule has 2 rings (SSSR count). The van der Waals surface area contributed by atoms with Crippen LogP contribution in [0.2, 0.25) is 0 Å². The third kappa shape index (κ3) is 3.80. The lowest BCUT2D eigenvalue weighted by Crippen LogP contribution is -2.54. The molecule has 1 aliphatic heterocycles. The van der Waals surface area contributed by atoms with Crippen molar-refractivity contribution >= 4 is 5.91 Å². The maximum absolute atomic E-state index is 12.5. The van der Waals surface area contributed by atoms with Gasteiger partial charge in [-0.25, -0.2) is 0 Å². The van der Waals surface area contributed by atoms with Crippen molar-refractivity contribution in [1.82, 2.24) is 4.90 Å². The van der Waals surface area contributed by atoms with Gasteiger partial charge in [0.25, 0.3) is 0 Å². The average molecular weight is 314 g/mol. The van der Waals surface area contributed by atoms with Gasteiger partial charge >= 0.3 is 6.18 Å². The maximum atomic E-state index is 12.5. The SMILES string of the molecule is CC1(C)CN(C(=O)Cc2ccc(C(F)(F)F)cc2)CCC1N. The van der Waals surface area contributed by atoms with Crippen molar-refractivity contribution in [1.29, 1.82) is 0 Å². The number of nitrogens with two attached hydrogens (primary N) is 1. The number of piperidine rings is 1. The molecule has 1 aromatic carbocycles. The number of carbonyl (C=O) groups excluding carboxylic acids is 1. The van der Waals surface area contributed by atoms with Crippen LogP contribution in [-0.4, -0.2) is 29.9 Å². The van der Waals surface area contributed by atoms with Gasteiger partial charge in [0, 0.05) is 19.1 Å². The van der Waals surface area contributed by atoms with Gasteiger partial charge < -0.3 is 10.6 Å². The van der Waals surface area contributed by atoms with Crippen LogP contribution >= 0.6 is 0 Å². The lowest BCUT2D eigenvalue weighted by atomic mass is 9.79. The molecule has 0 radical (unpaired) electrons. The van der Waals surface area contributed by atoms with E-state index < -0.39 is 11.7 Å². The second kappa shape index (κ2) is 5.91. The molecule has 0 bridgehead atoms. The van der Waals surface area contributed by atoms with E-state index in [1.165, 1.54) is 12.1 Å². The van der Waals surface area contributed by atoms with Crippen LogP contribution in [0.5, 0.6) is 0 Å². The standard InChI is InChI=1S/C16H21F3N2O/c1-15(2)10-21(8-7-13(15)20)14(22)9-11-3-5-12(6-4-11)16(17,18)19/h3-6,13H,7-10,20H2,1-2H3. The Bertz CT molecular complexity index is 537. The highest BCUT2D eigenvalue weighted by molar-refractivity contribution is 5.79. The van der Waals surface area contributed by atoms with Crippen molar-refractivity contribution in [2.75, 3.05) is 13.1 Å². The van der Waals surface area contributed by atoms with E-state index in [1.807, 2.05) is 13.8 Å². The number of halogens is 3. The van der Waals surface area contributed by atoms with Gasteiger partial charge in [-0.3, -0.25) is 4.79 Å². The first kappa shape index (κ1) is 16.8. The highest BCUT2D eigenvalue weighted by Gasteiger charge is 2.35. The predicted molar refractivity (Wildman–Crippen MR) is 78.1 cm³/mol. The zero-order valence-electron chi connectivity index (χ0n) is 12.8. The zero-order chi connectivity index (χ0) is 16.5. The highest BCUT2D eigenvalue weighted by atomic mass is 19.4. The van der Waals surface area contributed by atoms with Gasteiger partial charge in [0.15, 0.2) is 0 Å². The number of carbonyl (C=O) groups is 1. The third-order valence-electron chi connectivity index (χ3n) is 4.30. The van der Waals surface area contributed by atoms with Crippen LogP contribution in [0.1, 0.15) is 31.4 Å². The van der Waals surface area contributed by atoms with Gasteiger partial charge in [0.05, 0.1) is 12.0 Å². The highest BCUT2D eigenvalue weighted by Crippen LogP contribution is 2.30. The number of likely N-dealkylation sites (tertiary alicyclic amines) is 1. The average Bonchev–Trinajstić information content (AvgIpc) is 2.41. The predicted octanol–water partition coefficient (Wildman–Crippen LogP) is 2.83. The molecule has 0 aromatic heterocycles. The fourth-order valence-corrected chi connectivity index (χ4v) is 2.68. The summed E-state index contributed by atoms with van der Waals surface area (Å²) < 4.78 is 37.5. The van der Waals surface area contributed by atoms with Gasteiger partial charge in [-0.05, 0) is 29.5 Å². The minimum absolute atomic E-state index is 0.0580. The molecule has 1 saturated heterocycles. The van der Waals surface area contributed by atoms with Crippen LogP contribution in [0.4, 0.5) is 13.2 Å². The van der Waals surface area contributed by atoms with E-state index in [0.717, 1.165) is 18.6 Å². The van der Waals surface area contributed by atoms with Crippen LogP contribution in [0.3, 0.4) is 0 Å². The fraction of sp³-hybridized carbons (Fsp3) is 0.562. The van der Waals surface area contributed by atoms with E-state index in [-0.39, 0.29) is 23.8 Å². The van der Waals surface area contributed by atoms with Crippen molar-refractivity contribution < 1.29 is 18.0 Å². The Morgan fingerprint density at radius 1 is 1.32 bits per heavy atom. The van der Waals surface area contributed by atoms with E-state index in [1.54, 1.807) is 4.90 Å². The molecule has 1 aromatic rings. The van der Waals surface area contributed by atoms with Gasteiger partial charge in [-0.2, -0.15) is 13.2 Å². The van der Waals surface area contributed by atoms with E-state index in [9.17, 15) is 18.0 Å². The van der Waals surface area contributed by atoms with Crippen LogP contribution in [0.25, 0.3) is 0 Å². The Morgan fingerprint density at radius 3 is 2.41 bits per heavy atom. The molecular weight excluding hydrogens is 293 g/mol. The summed E-state index contributed by atoms with van der Waals surface area (Å²) in [6, 6.07) is 4.81. The molecule has 1 atom stereocenters. The quantitative estimate of drug-likeness (QED) is 0.912. The third-order valence-corrected chi connectivity index (χ3v) is 4.30. The van der Waals surface area contributed by atoms with Gasteiger partial charge in [0.1, 0.15) is 0 Å². The smallest absolute Gasteiger partial charge is 0.342 e. The molecule has 6 heteroatoms.